The first-order chi connectivity index (χ1) is 8.40. The zero-order chi connectivity index (χ0) is 13.8. The maximum absolute atomic E-state index is 12.1. The SMILES string of the molecule is CCC(NC(=O)C(C)(C)NC)c1ccc(Br)cc1. The quantitative estimate of drug-likeness (QED) is 0.877. The summed E-state index contributed by atoms with van der Waals surface area (Å²) in [5.74, 6) is 0.0137. The van der Waals surface area contributed by atoms with Gasteiger partial charge in [-0.05, 0) is 45.0 Å². The molecule has 0 aliphatic rings. The Morgan fingerprint density at radius 3 is 2.33 bits per heavy atom. The Bertz CT molecular complexity index is 401. The molecule has 0 radical (unpaired) electrons. The van der Waals surface area contributed by atoms with Gasteiger partial charge in [-0.25, -0.2) is 0 Å². The monoisotopic (exact) mass is 312 g/mol. The summed E-state index contributed by atoms with van der Waals surface area (Å²) in [5.41, 5.74) is 0.573. The Hall–Kier alpha value is -0.870. The maximum Gasteiger partial charge on any atom is 0.240 e. The summed E-state index contributed by atoms with van der Waals surface area (Å²) in [5, 5.41) is 6.09. The third kappa shape index (κ3) is 3.82. The van der Waals surface area contributed by atoms with Crippen LogP contribution in [0.15, 0.2) is 28.7 Å². The number of nitrogens with one attached hydrogen (secondary N) is 2. The highest BCUT2D eigenvalue weighted by atomic mass is 79.9. The number of rotatable bonds is 5. The summed E-state index contributed by atoms with van der Waals surface area (Å²) in [6.07, 6.45) is 0.868. The van der Waals surface area contributed by atoms with Crippen molar-refractivity contribution in [3.63, 3.8) is 0 Å². The lowest BCUT2D eigenvalue weighted by Crippen LogP contribution is -2.51. The highest BCUT2D eigenvalue weighted by Gasteiger charge is 2.27. The molecule has 1 amide bonds. The van der Waals surface area contributed by atoms with Gasteiger partial charge in [0, 0.05) is 4.47 Å². The zero-order valence-corrected chi connectivity index (χ0v) is 13.0. The fourth-order valence-corrected chi connectivity index (χ4v) is 1.83. The van der Waals surface area contributed by atoms with Gasteiger partial charge in [-0.3, -0.25) is 4.79 Å². The molecule has 3 nitrogen and oxygen atoms in total. The van der Waals surface area contributed by atoms with Crippen molar-refractivity contribution in [1.29, 1.82) is 0 Å². The Labute approximate surface area is 117 Å². The number of carbonyl (C=O) groups is 1. The van der Waals surface area contributed by atoms with Crippen LogP contribution in [0.25, 0.3) is 0 Å². The molecule has 1 rings (SSSR count). The lowest BCUT2D eigenvalue weighted by Gasteiger charge is -2.26. The van der Waals surface area contributed by atoms with Gasteiger partial charge >= 0.3 is 0 Å². The van der Waals surface area contributed by atoms with Gasteiger partial charge in [-0.1, -0.05) is 35.0 Å². The lowest BCUT2D eigenvalue weighted by molar-refractivity contribution is -0.127. The minimum atomic E-state index is -0.553. The number of carbonyl (C=O) groups excluding carboxylic acids is 1. The molecule has 1 unspecified atom stereocenters. The minimum Gasteiger partial charge on any atom is -0.348 e. The van der Waals surface area contributed by atoms with Gasteiger partial charge in [0.1, 0.15) is 0 Å². The Kier molecular flexibility index (Phi) is 5.35. The summed E-state index contributed by atoms with van der Waals surface area (Å²) >= 11 is 3.41. The van der Waals surface area contributed by atoms with E-state index < -0.39 is 5.54 Å². The van der Waals surface area contributed by atoms with Gasteiger partial charge in [0.25, 0.3) is 0 Å². The second-order valence-corrected chi connectivity index (χ2v) is 5.78. The predicted octanol–water partition coefficient (Wildman–Crippen LogP) is 3.01. The van der Waals surface area contributed by atoms with Crippen molar-refractivity contribution in [3.05, 3.63) is 34.3 Å². The van der Waals surface area contributed by atoms with E-state index in [0.29, 0.717) is 0 Å². The second kappa shape index (κ2) is 6.34. The Morgan fingerprint density at radius 1 is 1.33 bits per heavy atom. The number of hydrogen-bond donors (Lipinski definition) is 2. The van der Waals surface area contributed by atoms with E-state index in [4.69, 9.17) is 0 Å². The molecule has 0 heterocycles. The highest BCUT2D eigenvalue weighted by Crippen LogP contribution is 2.20. The molecule has 100 valence electrons. The molecule has 2 N–H and O–H groups in total. The molecule has 1 aromatic carbocycles. The molecular formula is C14H21BrN2O. The van der Waals surface area contributed by atoms with Crippen LogP contribution in [0.2, 0.25) is 0 Å². The molecule has 18 heavy (non-hydrogen) atoms. The van der Waals surface area contributed by atoms with Crippen LogP contribution in [0.4, 0.5) is 0 Å². The van der Waals surface area contributed by atoms with Gasteiger partial charge in [-0.15, -0.1) is 0 Å². The molecule has 0 spiro atoms. The Balaban J connectivity index is 2.80. The van der Waals surface area contributed by atoms with E-state index in [1.54, 1.807) is 7.05 Å². The molecule has 0 fully saturated rings. The van der Waals surface area contributed by atoms with E-state index >= 15 is 0 Å². The molecule has 0 saturated heterocycles. The average molecular weight is 313 g/mol. The minimum absolute atomic E-state index is 0.0137. The maximum atomic E-state index is 12.1. The second-order valence-electron chi connectivity index (χ2n) is 4.86. The molecule has 0 aliphatic heterocycles. The number of hydrogen-bond acceptors (Lipinski definition) is 2. The van der Waals surface area contributed by atoms with Crippen molar-refractivity contribution in [2.45, 2.75) is 38.8 Å². The fraction of sp³-hybridized carbons (Fsp3) is 0.500. The van der Waals surface area contributed by atoms with Crippen LogP contribution in [0, 0.1) is 0 Å². The van der Waals surface area contributed by atoms with Gasteiger partial charge in [0.2, 0.25) is 5.91 Å². The Morgan fingerprint density at radius 2 is 1.89 bits per heavy atom. The lowest BCUT2D eigenvalue weighted by atomic mass is 10.0. The van der Waals surface area contributed by atoms with Gasteiger partial charge in [-0.2, -0.15) is 0 Å². The van der Waals surface area contributed by atoms with Crippen molar-refractivity contribution in [2.24, 2.45) is 0 Å². The molecule has 0 aliphatic carbocycles. The van der Waals surface area contributed by atoms with Crippen LogP contribution in [-0.4, -0.2) is 18.5 Å². The van der Waals surface area contributed by atoms with E-state index in [1.807, 2.05) is 38.1 Å². The van der Waals surface area contributed by atoms with Crippen LogP contribution in [0.5, 0.6) is 0 Å². The van der Waals surface area contributed by atoms with Gasteiger partial charge < -0.3 is 10.6 Å². The first-order valence-electron chi connectivity index (χ1n) is 6.16. The number of halogens is 1. The fourth-order valence-electron chi connectivity index (χ4n) is 1.57. The van der Waals surface area contributed by atoms with Crippen LogP contribution >= 0.6 is 15.9 Å². The van der Waals surface area contributed by atoms with Crippen molar-refractivity contribution >= 4 is 21.8 Å². The number of amides is 1. The third-order valence-corrected chi connectivity index (χ3v) is 3.71. The van der Waals surface area contributed by atoms with E-state index in [2.05, 4.69) is 33.5 Å². The summed E-state index contributed by atoms with van der Waals surface area (Å²) in [6, 6.07) is 8.11. The molecule has 1 atom stereocenters. The molecule has 4 heteroatoms. The van der Waals surface area contributed by atoms with Crippen molar-refractivity contribution < 1.29 is 4.79 Å². The van der Waals surface area contributed by atoms with E-state index in [1.165, 1.54) is 0 Å². The van der Waals surface area contributed by atoms with E-state index in [0.717, 1.165) is 16.5 Å². The summed E-state index contributed by atoms with van der Waals surface area (Å²) in [4.78, 5) is 12.1. The molecule has 0 bridgehead atoms. The van der Waals surface area contributed by atoms with Crippen molar-refractivity contribution in [1.82, 2.24) is 10.6 Å². The van der Waals surface area contributed by atoms with Crippen LogP contribution in [-0.2, 0) is 4.79 Å². The van der Waals surface area contributed by atoms with Crippen LogP contribution < -0.4 is 10.6 Å². The summed E-state index contributed by atoms with van der Waals surface area (Å²) < 4.78 is 1.04. The molecule has 1 aromatic rings. The smallest absolute Gasteiger partial charge is 0.240 e. The summed E-state index contributed by atoms with van der Waals surface area (Å²) in [6.45, 7) is 5.81. The van der Waals surface area contributed by atoms with Crippen LogP contribution in [0.3, 0.4) is 0 Å². The summed E-state index contributed by atoms with van der Waals surface area (Å²) in [7, 11) is 1.79. The third-order valence-electron chi connectivity index (χ3n) is 3.18. The average Bonchev–Trinajstić information content (AvgIpc) is 2.36. The van der Waals surface area contributed by atoms with Crippen LogP contribution in [0.1, 0.15) is 38.8 Å². The first-order valence-corrected chi connectivity index (χ1v) is 6.95. The van der Waals surface area contributed by atoms with Gasteiger partial charge in [0.15, 0.2) is 0 Å². The largest absolute Gasteiger partial charge is 0.348 e. The number of benzene rings is 1. The topological polar surface area (TPSA) is 41.1 Å². The van der Waals surface area contributed by atoms with E-state index in [9.17, 15) is 4.79 Å². The normalized spacial score (nSPS) is 13.2. The zero-order valence-electron chi connectivity index (χ0n) is 11.4. The first kappa shape index (κ1) is 15.2. The molecule has 0 aromatic heterocycles. The standard InChI is InChI=1S/C14H21BrN2O/c1-5-12(10-6-8-11(15)9-7-10)17-13(18)14(2,3)16-4/h6-9,12,16H,5H2,1-4H3,(H,17,18). The van der Waals surface area contributed by atoms with E-state index in [-0.39, 0.29) is 11.9 Å². The number of likely N-dealkylation sites (N-methyl/N-ethyl adjacent to an activating group) is 1. The van der Waals surface area contributed by atoms with Crippen molar-refractivity contribution in [2.75, 3.05) is 7.05 Å². The predicted molar refractivity (Wildman–Crippen MR) is 78.5 cm³/mol. The molecule has 0 saturated carbocycles. The van der Waals surface area contributed by atoms with Gasteiger partial charge in [0.05, 0.1) is 11.6 Å². The van der Waals surface area contributed by atoms with Crippen molar-refractivity contribution in [3.8, 4) is 0 Å². The molecular weight excluding hydrogens is 292 g/mol. The highest BCUT2D eigenvalue weighted by molar-refractivity contribution is 9.10.